The standard InChI is InChI=1S/C11H21NO2/c1-3-8(2)12-7-9-5-4-6-10(9)11(13)14/h8-10,12H,3-7H2,1-2H3,(H,13,14). The Bertz CT molecular complexity index is 194. The van der Waals surface area contributed by atoms with Crippen molar-refractivity contribution < 1.29 is 9.90 Å². The molecule has 1 saturated carbocycles. The molecule has 3 unspecified atom stereocenters. The minimum atomic E-state index is -0.613. The molecule has 3 atom stereocenters. The van der Waals surface area contributed by atoms with Crippen molar-refractivity contribution >= 4 is 5.97 Å². The fraction of sp³-hybridized carbons (Fsp3) is 0.909. The van der Waals surface area contributed by atoms with Crippen LogP contribution in [0, 0.1) is 11.8 Å². The van der Waals surface area contributed by atoms with Crippen LogP contribution < -0.4 is 5.32 Å². The summed E-state index contributed by atoms with van der Waals surface area (Å²) >= 11 is 0. The normalized spacial score (nSPS) is 29.0. The van der Waals surface area contributed by atoms with Gasteiger partial charge in [-0.15, -0.1) is 0 Å². The highest BCUT2D eigenvalue weighted by Crippen LogP contribution is 2.31. The summed E-state index contributed by atoms with van der Waals surface area (Å²) in [6.07, 6.45) is 4.11. The van der Waals surface area contributed by atoms with Crippen molar-refractivity contribution in [1.29, 1.82) is 0 Å². The van der Waals surface area contributed by atoms with Gasteiger partial charge >= 0.3 is 5.97 Å². The molecular weight excluding hydrogens is 178 g/mol. The van der Waals surface area contributed by atoms with Crippen molar-refractivity contribution in [3.05, 3.63) is 0 Å². The zero-order valence-corrected chi connectivity index (χ0v) is 9.12. The molecule has 0 aromatic heterocycles. The number of aliphatic carboxylic acids is 1. The van der Waals surface area contributed by atoms with Gasteiger partial charge in [-0.1, -0.05) is 13.3 Å². The highest BCUT2D eigenvalue weighted by Gasteiger charge is 2.32. The van der Waals surface area contributed by atoms with E-state index in [4.69, 9.17) is 5.11 Å². The predicted molar refractivity (Wildman–Crippen MR) is 56.2 cm³/mol. The Morgan fingerprint density at radius 3 is 2.86 bits per heavy atom. The lowest BCUT2D eigenvalue weighted by molar-refractivity contribution is -0.142. The van der Waals surface area contributed by atoms with Gasteiger partial charge in [0.1, 0.15) is 0 Å². The maximum atomic E-state index is 10.9. The summed E-state index contributed by atoms with van der Waals surface area (Å²) in [6, 6.07) is 0.505. The van der Waals surface area contributed by atoms with Gasteiger partial charge in [0.15, 0.2) is 0 Å². The molecule has 1 rings (SSSR count). The summed E-state index contributed by atoms with van der Waals surface area (Å²) in [7, 11) is 0. The lowest BCUT2D eigenvalue weighted by Crippen LogP contribution is -2.34. The molecule has 1 aliphatic carbocycles. The Labute approximate surface area is 85.9 Å². The molecule has 1 fully saturated rings. The zero-order chi connectivity index (χ0) is 10.6. The van der Waals surface area contributed by atoms with Crippen molar-refractivity contribution in [2.24, 2.45) is 11.8 Å². The molecule has 0 bridgehead atoms. The lowest BCUT2D eigenvalue weighted by atomic mass is 9.96. The topological polar surface area (TPSA) is 49.3 Å². The van der Waals surface area contributed by atoms with Crippen LogP contribution in [0.15, 0.2) is 0 Å². The number of carbonyl (C=O) groups is 1. The van der Waals surface area contributed by atoms with Crippen LogP contribution in [0.2, 0.25) is 0 Å². The van der Waals surface area contributed by atoms with Crippen LogP contribution >= 0.6 is 0 Å². The van der Waals surface area contributed by atoms with Crippen LogP contribution in [0.5, 0.6) is 0 Å². The molecule has 0 aliphatic heterocycles. The number of carboxylic acid groups (broad SMARTS) is 1. The van der Waals surface area contributed by atoms with Crippen molar-refractivity contribution in [3.8, 4) is 0 Å². The lowest BCUT2D eigenvalue weighted by Gasteiger charge is -2.19. The molecular formula is C11H21NO2. The van der Waals surface area contributed by atoms with Gasteiger partial charge in [0.2, 0.25) is 0 Å². The summed E-state index contributed by atoms with van der Waals surface area (Å²) in [5.74, 6) is -0.369. The number of nitrogens with one attached hydrogen (secondary N) is 1. The third kappa shape index (κ3) is 2.98. The summed E-state index contributed by atoms with van der Waals surface area (Å²) in [4.78, 5) is 10.9. The molecule has 1 aliphatic rings. The van der Waals surface area contributed by atoms with E-state index in [1.807, 2.05) is 0 Å². The SMILES string of the molecule is CCC(C)NCC1CCCC1C(=O)O. The molecule has 0 amide bonds. The fourth-order valence-corrected chi connectivity index (χ4v) is 2.10. The fourth-order valence-electron chi connectivity index (χ4n) is 2.10. The summed E-state index contributed by atoms with van der Waals surface area (Å²) in [5.41, 5.74) is 0. The molecule has 14 heavy (non-hydrogen) atoms. The van der Waals surface area contributed by atoms with Crippen LogP contribution in [-0.4, -0.2) is 23.7 Å². The molecule has 0 heterocycles. The average molecular weight is 199 g/mol. The van der Waals surface area contributed by atoms with E-state index in [-0.39, 0.29) is 5.92 Å². The molecule has 0 aromatic carbocycles. The smallest absolute Gasteiger partial charge is 0.306 e. The van der Waals surface area contributed by atoms with Crippen LogP contribution in [-0.2, 0) is 4.79 Å². The van der Waals surface area contributed by atoms with Gasteiger partial charge in [0.05, 0.1) is 5.92 Å². The van der Waals surface area contributed by atoms with Gasteiger partial charge in [-0.2, -0.15) is 0 Å². The monoisotopic (exact) mass is 199 g/mol. The molecule has 2 N–H and O–H groups in total. The number of rotatable bonds is 5. The van der Waals surface area contributed by atoms with Crippen LogP contribution in [0.4, 0.5) is 0 Å². The van der Waals surface area contributed by atoms with Gasteiger partial charge < -0.3 is 10.4 Å². The highest BCUT2D eigenvalue weighted by molar-refractivity contribution is 5.70. The quantitative estimate of drug-likeness (QED) is 0.710. The van der Waals surface area contributed by atoms with Crippen LogP contribution in [0.3, 0.4) is 0 Å². The van der Waals surface area contributed by atoms with Crippen molar-refractivity contribution in [2.75, 3.05) is 6.54 Å². The number of carboxylic acids is 1. The largest absolute Gasteiger partial charge is 0.481 e. The minimum absolute atomic E-state index is 0.105. The van der Waals surface area contributed by atoms with Gasteiger partial charge in [-0.25, -0.2) is 0 Å². The van der Waals surface area contributed by atoms with E-state index in [0.717, 1.165) is 32.2 Å². The predicted octanol–water partition coefficient (Wildman–Crippen LogP) is 1.88. The maximum Gasteiger partial charge on any atom is 0.306 e. The highest BCUT2D eigenvalue weighted by atomic mass is 16.4. The van der Waals surface area contributed by atoms with Crippen LogP contribution in [0.25, 0.3) is 0 Å². The second kappa shape index (κ2) is 5.35. The first-order valence-corrected chi connectivity index (χ1v) is 5.61. The molecule has 3 heteroatoms. The first-order chi connectivity index (χ1) is 6.65. The average Bonchev–Trinajstić information content (AvgIpc) is 2.62. The molecule has 0 spiro atoms. The maximum absolute atomic E-state index is 10.9. The molecule has 0 aromatic rings. The molecule has 82 valence electrons. The Hall–Kier alpha value is -0.570. The molecule has 3 nitrogen and oxygen atoms in total. The summed E-state index contributed by atoms with van der Waals surface area (Å²) in [5, 5.41) is 12.4. The van der Waals surface area contributed by atoms with Gasteiger partial charge in [-0.3, -0.25) is 4.79 Å². The zero-order valence-electron chi connectivity index (χ0n) is 9.12. The Morgan fingerprint density at radius 2 is 2.29 bits per heavy atom. The van der Waals surface area contributed by atoms with E-state index in [1.54, 1.807) is 0 Å². The van der Waals surface area contributed by atoms with E-state index < -0.39 is 5.97 Å². The van der Waals surface area contributed by atoms with E-state index in [0.29, 0.717) is 12.0 Å². The second-order valence-electron chi connectivity index (χ2n) is 4.35. The minimum Gasteiger partial charge on any atom is -0.481 e. The van der Waals surface area contributed by atoms with E-state index in [1.165, 1.54) is 0 Å². The van der Waals surface area contributed by atoms with E-state index >= 15 is 0 Å². The van der Waals surface area contributed by atoms with Gasteiger partial charge in [0, 0.05) is 6.04 Å². The Morgan fingerprint density at radius 1 is 1.57 bits per heavy atom. The number of hydrogen-bond acceptors (Lipinski definition) is 2. The van der Waals surface area contributed by atoms with E-state index in [2.05, 4.69) is 19.2 Å². The first-order valence-electron chi connectivity index (χ1n) is 5.61. The van der Waals surface area contributed by atoms with Crippen molar-refractivity contribution in [1.82, 2.24) is 5.32 Å². The van der Waals surface area contributed by atoms with Gasteiger partial charge in [0.25, 0.3) is 0 Å². The summed E-state index contributed by atoms with van der Waals surface area (Å²) < 4.78 is 0. The third-order valence-corrected chi connectivity index (χ3v) is 3.32. The van der Waals surface area contributed by atoms with Gasteiger partial charge in [-0.05, 0) is 38.6 Å². The molecule has 0 radical (unpaired) electrons. The van der Waals surface area contributed by atoms with Crippen molar-refractivity contribution in [2.45, 2.75) is 45.6 Å². The van der Waals surface area contributed by atoms with Crippen molar-refractivity contribution in [3.63, 3.8) is 0 Å². The van der Waals surface area contributed by atoms with E-state index in [9.17, 15) is 4.79 Å². The second-order valence-corrected chi connectivity index (χ2v) is 4.35. The Balaban J connectivity index is 2.32. The summed E-state index contributed by atoms with van der Waals surface area (Å²) in [6.45, 7) is 5.15. The molecule has 0 saturated heterocycles. The first kappa shape index (κ1) is 11.5. The Kier molecular flexibility index (Phi) is 4.39. The van der Waals surface area contributed by atoms with Crippen LogP contribution in [0.1, 0.15) is 39.5 Å². The number of hydrogen-bond donors (Lipinski definition) is 2. The third-order valence-electron chi connectivity index (χ3n) is 3.32.